The number of carbonyl (C=O) groups is 1. The molecule has 2 rings (SSSR count). The summed E-state index contributed by atoms with van der Waals surface area (Å²) in [5, 5.41) is 9.64. The topological polar surface area (TPSA) is 46.5 Å². The monoisotopic (exact) mass is 442 g/mol. The van der Waals surface area contributed by atoms with Crippen molar-refractivity contribution in [1.82, 2.24) is 0 Å². The quantitative estimate of drug-likeness (QED) is 0.467. The fraction of sp³-hybridized carbons (Fsp3) is 0.435. The maximum absolute atomic E-state index is 12.8. The van der Waals surface area contributed by atoms with Gasteiger partial charge in [-0.3, -0.25) is 4.79 Å². The molecule has 1 atom stereocenters. The van der Waals surface area contributed by atoms with Crippen LogP contribution in [0.1, 0.15) is 57.1 Å². The Morgan fingerprint density at radius 1 is 1.07 bits per heavy atom. The molecule has 30 heavy (non-hydrogen) atoms. The van der Waals surface area contributed by atoms with E-state index in [0.717, 1.165) is 5.56 Å². The summed E-state index contributed by atoms with van der Waals surface area (Å²) in [6.45, 7) is 6.40. The Kier molecular flexibility index (Phi) is 7.81. The van der Waals surface area contributed by atoms with E-state index in [1.54, 1.807) is 18.2 Å². The molecule has 0 aliphatic carbocycles. The molecule has 0 aliphatic heterocycles. The van der Waals surface area contributed by atoms with Gasteiger partial charge in [-0.1, -0.05) is 63.6 Å². The van der Waals surface area contributed by atoms with Gasteiger partial charge in [-0.05, 0) is 47.1 Å². The molecule has 0 aromatic heterocycles. The molecule has 0 spiro atoms. The molecule has 0 heterocycles. The summed E-state index contributed by atoms with van der Waals surface area (Å²) >= 11 is 6.30. The van der Waals surface area contributed by atoms with Crippen molar-refractivity contribution in [3.63, 3.8) is 0 Å². The molecule has 7 heteroatoms. The summed E-state index contributed by atoms with van der Waals surface area (Å²) in [7, 11) is 0. The molecule has 2 aromatic carbocycles. The minimum Gasteiger partial charge on any atom is -0.482 e. The Hall–Kier alpha value is -2.21. The summed E-state index contributed by atoms with van der Waals surface area (Å²) in [5.74, 6) is -1.54. The molecule has 164 valence electrons. The van der Waals surface area contributed by atoms with E-state index in [0.29, 0.717) is 23.1 Å². The van der Waals surface area contributed by atoms with Crippen molar-refractivity contribution in [2.45, 2.75) is 52.1 Å². The van der Waals surface area contributed by atoms with Crippen LogP contribution in [0.3, 0.4) is 0 Å². The Morgan fingerprint density at radius 3 is 2.13 bits per heavy atom. The van der Waals surface area contributed by atoms with Crippen LogP contribution in [0.15, 0.2) is 36.4 Å². The van der Waals surface area contributed by atoms with Gasteiger partial charge in [0.05, 0.1) is 10.9 Å². The predicted molar refractivity (Wildman–Crippen MR) is 112 cm³/mol. The minimum atomic E-state index is -4.53. The highest BCUT2D eigenvalue weighted by Gasteiger charge is 2.30. The lowest BCUT2D eigenvalue weighted by atomic mass is 9.88. The number of rotatable bonds is 8. The van der Waals surface area contributed by atoms with Gasteiger partial charge in [0.2, 0.25) is 0 Å². The number of carboxylic acids is 1. The average molecular weight is 443 g/mol. The zero-order valence-corrected chi connectivity index (χ0v) is 18.1. The number of carboxylic acid groups (broad SMARTS) is 1. The maximum atomic E-state index is 12.8. The molecule has 0 unspecified atom stereocenters. The lowest BCUT2D eigenvalue weighted by molar-refractivity contribution is -0.153. The Morgan fingerprint density at radius 2 is 1.67 bits per heavy atom. The third kappa shape index (κ3) is 6.39. The summed E-state index contributed by atoms with van der Waals surface area (Å²) < 4.78 is 43.3. The van der Waals surface area contributed by atoms with E-state index >= 15 is 0 Å². The van der Waals surface area contributed by atoms with Crippen molar-refractivity contribution >= 4 is 17.6 Å². The first-order valence-electron chi connectivity index (χ1n) is 9.75. The number of ether oxygens (including phenoxy) is 1. The number of halogens is 4. The zero-order valence-electron chi connectivity index (χ0n) is 17.4. The first-order valence-corrected chi connectivity index (χ1v) is 10.1. The number of benzene rings is 2. The highest BCUT2D eigenvalue weighted by Crippen LogP contribution is 2.41. The third-order valence-electron chi connectivity index (χ3n) is 4.74. The summed E-state index contributed by atoms with van der Waals surface area (Å²) in [6.07, 6.45) is -4.15. The molecule has 0 bridgehead atoms. The van der Waals surface area contributed by atoms with Gasteiger partial charge in [0.25, 0.3) is 0 Å². The van der Waals surface area contributed by atoms with Crippen LogP contribution in [0.2, 0.25) is 5.02 Å². The van der Waals surface area contributed by atoms with Crippen molar-refractivity contribution in [3.05, 3.63) is 52.5 Å². The highest BCUT2D eigenvalue weighted by molar-refractivity contribution is 6.32. The van der Waals surface area contributed by atoms with Gasteiger partial charge < -0.3 is 9.84 Å². The van der Waals surface area contributed by atoms with Crippen molar-refractivity contribution in [2.24, 2.45) is 5.92 Å². The molecule has 0 saturated heterocycles. The molecular formula is C23H26ClF3O3. The fourth-order valence-corrected chi connectivity index (χ4v) is 3.51. The SMILES string of the molecule is CC(C)C[C@@H](C(=O)O)c1cc(Cl)c(OCC(F)(F)F)c(-c2ccc(C(C)C)cc2)c1. The van der Waals surface area contributed by atoms with Crippen molar-refractivity contribution in [1.29, 1.82) is 0 Å². The normalized spacial score (nSPS) is 13.0. The van der Waals surface area contributed by atoms with Gasteiger partial charge in [-0.25, -0.2) is 0 Å². The van der Waals surface area contributed by atoms with E-state index in [9.17, 15) is 23.1 Å². The molecule has 0 saturated carbocycles. The molecule has 2 aromatic rings. The number of hydrogen-bond acceptors (Lipinski definition) is 2. The van der Waals surface area contributed by atoms with Crippen LogP contribution >= 0.6 is 11.6 Å². The number of alkyl halides is 3. The van der Waals surface area contributed by atoms with Gasteiger partial charge in [-0.15, -0.1) is 0 Å². The fourth-order valence-electron chi connectivity index (χ4n) is 3.23. The highest BCUT2D eigenvalue weighted by atomic mass is 35.5. The van der Waals surface area contributed by atoms with E-state index in [1.165, 1.54) is 6.07 Å². The molecule has 0 aliphatic rings. The first kappa shape index (κ1) is 24.1. The Labute approximate surface area is 179 Å². The number of hydrogen-bond donors (Lipinski definition) is 1. The van der Waals surface area contributed by atoms with E-state index in [4.69, 9.17) is 16.3 Å². The molecule has 1 N–H and O–H groups in total. The summed E-state index contributed by atoms with van der Waals surface area (Å²) in [6, 6.07) is 10.3. The van der Waals surface area contributed by atoms with Crippen molar-refractivity contribution in [2.75, 3.05) is 6.61 Å². The Balaban J connectivity index is 2.60. The van der Waals surface area contributed by atoms with Gasteiger partial charge in [-0.2, -0.15) is 13.2 Å². The second-order valence-electron chi connectivity index (χ2n) is 8.08. The van der Waals surface area contributed by atoms with E-state index in [2.05, 4.69) is 0 Å². The van der Waals surface area contributed by atoms with Crippen LogP contribution in [0.5, 0.6) is 5.75 Å². The smallest absolute Gasteiger partial charge is 0.422 e. The maximum Gasteiger partial charge on any atom is 0.422 e. The van der Waals surface area contributed by atoms with Gasteiger partial charge >= 0.3 is 12.1 Å². The predicted octanol–water partition coefficient (Wildman–Crippen LogP) is 7.29. The van der Waals surface area contributed by atoms with Crippen LogP contribution in [-0.2, 0) is 4.79 Å². The zero-order chi connectivity index (χ0) is 22.6. The van der Waals surface area contributed by atoms with Crippen molar-refractivity contribution in [3.8, 4) is 16.9 Å². The lowest BCUT2D eigenvalue weighted by Gasteiger charge is -2.20. The largest absolute Gasteiger partial charge is 0.482 e. The number of aliphatic carboxylic acids is 1. The van der Waals surface area contributed by atoms with Crippen LogP contribution in [0.4, 0.5) is 13.2 Å². The standard InChI is InChI=1S/C23H26ClF3O3/c1-13(2)9-19(22(28)29)17-10-18(16-7-5-15(6-8-16)14(3)4)21(20(24)11-17)30-12-23(25,26)27/h5-8,10-11,13-14,19H,9,12H2,1-4H3,(H,28,29)/t19-/m1/s1. The lowest BCUT2D eigenvalue weighted by Crippen LogP contribution is -2.20. The van der Waals surface area contributed by atoms with Crippen LogP contribution in [-0.4, -0.2) is 23.9 Å². The van der Waals surface area contributed by atoms with Gasteiger partial charge in [0, 0.05) is 5.56 Å². The van der Waals surface area contributed by atoms with Gasteiger partial charge in [0.1, 0.15) is 5.75 Å². The van der Waals surface area contributed by atoms with E-state index in [-0.39, 0.29) is 22.6 Å². The van der Waals surface area contributed by atoms with E-state index < -0.39 is 24.7 Å². The average Bonchev–Trinajstić information content (AvgIpc) is 2.63. The molecule has 0 fully saturated rings. The van der Waals surface area contributed by atoms with Crippen LogP contribution < -0.4 is 4.74 Å². The first-order chi connectivity index (χ1) is 13.9. The molecule has 0 amide bonds. The minimum absolute atomic E-state index is 0.0466. The molecular weight excluding hydrogens is 417 g/mol. The van der Waals surface area contributed by atoms with Crippen LogP contribution in [0.25, 0.3) is 11.1 Å². The summed E-state index contributed by atoms with van der Waals surface area (Å²) in [5.41, 5.74) is 2.45. The van der Waals surface area contributed by atoms with Crippen LogP contribution in [0, 0.1) is 5.92 Å². The third-order valence-corrected chi connectivity index (χ3v) is 5.02. The van der Waals surface area contributed by atoms with E-state index in [1.807, 2.05) is 39.8 Å². The molecule has 0 radical (unpaired) electrons. The van der Waals surface area contributed by atoms with Gasteiger partial charge in [0.15, 0.2) is 6.61 Å². The Bertz CT molecular complexity index is 874. The van der Waals surface area contributed by atoms with Crippen molar-refractivity contribution < 1.29 is 27.8 Å². The summed E-state index contributed by atoms with van der Waals surface area (Å²) in [4.78, 5) is 11.8. The molecule has 3 nitrogen and oxygen atoms in total. The second kappa shape index (κ2) is 9.73. The second-order valence-corrected chi connectivity index (χ2v) is 8.49.